The Bertz CT molecular complexity index is 1070. The van der Waals surface area contributed by atoms with Gasteiger partial charge < -0.3 is 20.5 Å². The summed E-state index contributed by atoms with van der Waals surface area (Å²) >= 11 is 0. The molecule has 0 aromatic heterocycles. The van der Waals surface area contributed by atoms with Gasteiger partial charge in [0.25, 0.3) is 0 Å². The Balaban J connectivity index is 1.04. The molecular formula is C32H47N3O4. The number of nitrogens with zero attached hydrogens (tertiary/aromatic N) is 2. The van der Waals surface area contributed by atoms with Crippen LogP contribution in [0.15, 0.2) is 30.3 Å². The summed E-state index contributed by atoms with van der Waals surface area (Å²) in [4.78, 5) is 29.5. The molecule has 1 saturated heterocycles. The minimum atomic E-state index is -0.664. The molecule has 4 aliphatic carbocycles. The van der Waals surface area contributed by atoms with E-state index in [1.165, 1.54) is 5.56 Å². The first-order valence-corrected chi connectivity index (χ1v) is 15.4. The van der Waals surface area contributed by atoms with Gasteiger partial charge in [0.2, 0.25) is 0 Å². The Kier molecular flexibility index (Phi) is 6.98. The molecule has 1 amide bonds. The summed E-state index contributed by atoms with van der Waals surface area (Å²) in [5.41, 5.74) is 8.08. The standard InChI is InChI=1S/C32H47N3O4/c1-30-13-10-24(39-29(38)35-18-16-34(17-19-35)21-22-6-4-3-5-7-22)20-23(30)8-9-26-25(30)11-14-31(2)27(28(36)37)12-15-32(26,31)33/h3-7,23-27H,8-21,33H2,1-2H3,(H,36,37)/t23-,24+,25+,26-,27-,30+,31-,32+/m1/s1. The molecule has 0 bridgehead atoms. The van der Waals surface area contributed by atoms with Gasteiger partial charge >= 0.3 is 12.1 Å². The number of benzene rings is 1. The Morgan fingerprint density at radius 3 is 2.41 bits per heavy atom. The molecule has 7 heteroatoms. The average molecular weight is 538 g/mol. The Morgan fingerprint density at radius 2 is 1.69 bits per heavy atom. The van der Waals surface area contributed by atoms with E-state index in [4.69, 9.17) is 10.5 Å². The number of hydrogen-bond donors (Lipinski definition) is 2. The summed E-state index contributed by atoms with van der Waals surface area (Å²) in [7, 11) is 0. The number of nitrogens with two attached hydrogens (primary N) is 1. The number of carbonyl (C=O) groups excluding carboxylic acids is 1. The van der Waals surface area contributed by atoms with Crippen LogP contribution in [0.3, 0.4) is 0 Å². The predicted molar refractivity (Wildman–Crippen MR) is 150 cm³/mol. The Labute approximate surface area is 233 Å². The third-order valence-corrected chi connectivity index (χ3v) is 12.4. The molecule has 214 valence electrons. The van der Waals surface area contributed by atoms with Crippen molar-refractivity contribution in [3.63, 3.8) is 0 Å². The SMILES string of the molecule is C[C@]12CC[C@H](OC(=O)N3CCN(Cc4ccccc4)CC3)C[C@H]1CC[C@@H]1[C@@H]2CC[C@]2(C)[C@@H](C(=O)O)CC[C@]12N. The largest absolute Gasteiger partial charge is 0.481 e. The second-order valence-corrected chi connectivity index (χ2v) is 13.9. The number of ether oxygens (including phenoxy) is 1. The van der Waals surface area contributed by atoms with Crippen LogP contribution in [0.2, 0.25) is 0 Å². The smallest absolute Gasteiger partial charge is 0.410 e. The summed E-state index contributed by atoms with van der Waals surface area (Å²) < 4.78 is 6.14. The summed E-state index contributed by atoms with van der Waals surface area (Å²) in [6.45, 7) is 8.75. The highest BCUT2D eigenvalue weighted by Gasteiger charge is 2.67. The van der Waals surface area contributed by atoms with E-state index in [0.29, 0.717) is 24.2 Å². The number of aliphatic carboxylic acids is 1. The summed E-state index contributed by atoms with van der Waals surface area (Å²) in [6, 6.07) is 10.5. The number of piperazine rings is 1. The molecule has 3 N–H and O–H groups in total. The molecule has 1 aliphatic heterocycles. The molecule has 6 rings (SSSR count). The van der Waals surface area contributed by atoms with Gasteiger partial charge in [0.15, 0.2) is 0 Å². The molecule has 0 spiro atoms. The molecule has 1 aromatic carbocycles. The van der Waals surface area contributed by atoms with Gasteiger partial charge in [-0.05, 0) is 91.9 Å². The van der Waals surface area contributed by atoms with Crippen LogP contribution >= 0.6 is 0 Å². The molecule has 0 unspecified atom stereocenters. The van der Waals surface area contributed by atoms with Crippen LogP contribution in [-0.2, 0) is 16.1 Å². The van der Waals surface area contributed by atoms with Crippen molar-refractivity contribution in [1.29, 1.82) is 0 Å². The first kappa shape index (κ1) is 27.1. The van der Waals surface area contributed by atoms with Crippen molar-refractivity contribution in [1.82, 2.24) is 9.80 Å². The van der Waals surface area contributed by atoms with E-state index in [1.54, 1.807) is 0 Å². The highest BCUT2D eigenvalue weighted by Crippen LogP contribution is 2.68. The first-order chi connectivity index (χ1) is 18.6. The van der Waals surface area contributed by atoms with Crippen LogP contribution in [0.4, 0.5) is 4.79 Å². The van der Waals surface area contributed by atoms with Gasteiger partial charge in [-0.25, -0.2) is 4.79 Å². The van der Waals surface area contributed by atoms with E-state index in [1.807, 2.05) is 11.0 Å². The second-order valence-electron chi connectivity index (χ2n) is 13.9. The number of carboxylic acid groups (broad SMARTS) is 1. The molecular weight excluding hydrogens is 490 g/mol. The molecule has 1 heterocycles. The van der Waals surface area contributed by atoms with Gasteiger partial charge in [-0.1, -0.05) is 44.2 Å². The highest BCUT2D eigenvalue weighted by atomic mass is 16.6. The normalized spacial score (nSPS) is 42.2. The van der Waals surface area contributed by atoms with Crippen LogP contribution in [0.5, 0.6) is 0 Å². The zero-order valence-electron chi connectivity index (χ0n) is 23.8. The van der Waals surface area contributed by atoms with Crippen molar-refractivity contribution in [3.05, 3.63) is 35.9 Å². The number of rotatable bonds is 4. The topological polar surface area (TPSA) is 96.1 Å². The molecule has 5 fully saturated rings. The third kappa shape index (κ3) is 4.48. The number of amides is 1. The lowest BCUT2D eigenvalue weighted by Gasteiger charge is -2.64. The minimum Gasteiger partial charge on any atom is -0.481 e. The fourth-order valence-electron chi connectivity index (χ4n) is 9.94. The fourth-order valence-corrected chi connectivity index (χ4v) is 9.94. The van der Waals surface area contributed by atoms with Gasteiger partial charge in [-0.2, -0.15) is 0 Å². The maximum Gasteiger partial charge on any atom is 0.410 e. The molecule has 5 aliphatic rings. The van der Waals surface area contributed by atoms with Gasteiger partial charge in [0.1, 0.15) is 6.10 Å². The van der Waals surface area contributed by atoms with Crippen molar-refractivity contribution in [2.45, 2.75) is 89.8 Å². The molecule has 39 heavy (non-hydrogen) atoms. The maximum atomic E-state index is 13.1. The number of carboxylic acids is 1. The fraction of sp³-hybridized carbons (Fsp3) is 0.750. The zero-order chi connectivity index (χ0) is 27.4. The van der Waals surface area contributed by atoms with E-state index in [0.717, 1.165) is 84.1 Å². The van der Waals surface area contributed by atoms with Crippen molar-refractivity contribution in [2.75, 3.05) is 26.2 Å². The van der Waals surface area contributed by atoms with Crippen molar-refractivity contribution in [2.24, 2.45) is 40.2 Å². The molecule has 4 saturated carbocycles. The lowest BCUT2D eigenvalue weighted by Crippen LogP contribution is -2.66. The molecule has 8 atom stereocenters. The second kappa shape index (κ2) is 10.1. The molecule has 0 radical (unpaired) electrons. The highest BCUT2D eigenvalue weighted by molar-refractivity contribution is 5.72. The minimum absolute atomic E-state index is 0.00182. The summed E-state index contributed by atoms with van der Waals surface area (Å²) in [5.74, 6) is 0.495. The van der Waals surface area contributed by atoms with Crippen LogP contribution in [-0.4, -0.2) is 64.8 Å². The molecule has 7 nitrogen and oxygen atoms in total. The van der Waals surface area contributed by atoms with Crippen LogP contribution in [0.1, 0.15) is 77.2 Å². The Hall–Kier alpha value is -2.12. The zero-order valence-corrected chi connectivity index (χ0v) is 23.8. The predicted octanol–water partition coefficient (Wildman–Crippen LogP) is 5.13. The quantitative estimate of drug-likeness (QED) is 0.553. The summed E-state index contributed by atoms with van der Waals surface area (Å²) in [6.07, 6.45) is 8.52. The first-order valence-electron chi connectivity index (χ1n) is 15.4. The number of carbonyl (C=O) groups is 2. The monoisotopic (exact) mass is 537 g/mol. The lowest BCUT2D eigenvalue weighted by atomic mass is 9.42. The van der Waals surface area contributed by atoms with E-state index in [9.17, 15) is 14.7 Å². The van der Waals surface area contributed by atoms with Gasteiger partial charge in [-0.15, -0.1) is 0 Å². The average Bonchev–Trinajstić information content (AvgIpc) is 3.21. The van der Waals surface area contributed by atoms with Gasteiger partial charge in [0, 0.05) is 38.3 Å². The lowest BCUT2D eigenvalue weighted by molar-refractivity contribution is -0.157. The van der Waals surface area contributed by atoms with E-state index < -0.39 is 5.97 Å². The van der Waals surface area contributed by atoms with Gasteiger partial charge in [-0.3, -0.25) is 9.69 Å². The summed E-state index contributed by atoms with van der Waals surface area (Å²) in [5, 5.41) is 9.93. The molecule has 1 aromatic rings. The van der Waals surface area contributed by atoms with E-state index in [2.05, 4.69) is 43.0 Å². The van der Waals surface area contributed by atoms with Crippen molar-refractivity contribution >= 4 is 12.1 Å². The maximum absolute atomic E-state index is 13.1. The van der Waals surface area contributed by atoms with E-state index in [-0.39, 0.29) is 34.5 Å². The number of fused-ring (bicyclic) bond motifs is 5. The third-order valence-electron chi connectivity index (χ3n) is 12.4. The van der Waals surface area contributed by atoms with Crippen LogP contribution < -0.4 is 5.73 Å². The number of hydrogen-bond acceptors (Lipinski definition) is 5. The van der Waals surface area contributed by atoms with Crippen LogP contribution in [0, 0.1) is 34.5 Å². The Morgan fingerprint density at radius 1 is 0.949 bits per heavy atom. The van der Waals surface area contributed by atoms with Crippen molar-refractivity contribution < 1.29 is 19.4 Å². The van der Waals surface area contributed by atoms with Crippen LogP contribution in [0.25, 0.3) is 0 Å². The van der Waals surface area contributed by atoms with Gasteiger partial charge in [0.05, 0.1) is 5.92 Å². The van der Waals surface area contributed by atoms with E-state index >= 15 is 0 Å². The van der Waals surface area contributed by atoms with Crippen molar-refractivity contribution in [3.8, 4) is 0 Å².